The Balaban J connectivity index is 1.25. The van der Waals surface area contributed by atoms with E-state index < -0.39 is 6.10 Å². The molecule has 4 heterocycles. The van der Waals surface area contributed by atoms with E-state index in [1.165, 1.54) is 0 Å². The van der Waals surface area contributed by atoms with Crippen molar-refractivity contribution in [2.45, 2.75) is 26.0 Å². The first kappa shape index (κ1) is 22.4. The Morgan fingerprint density at radius 1 is 1.22 bits per heavy atom. The van der Waals surface area contributed by atoms with Crippen molar-refractivity contribution in [1.29, 1.82) is 0 Å². The van der Waals surface area contributed by atoms with E-state index in [1.54, 1.807) is 40.3 Å². The van der Waals surface area contributed by atoms with E-state index in [-0.39, 0.29) is 12.5 Å². The molecule has 1 atom stereocenters. The lowest BCUT2D eigenvalue weighted by Gasteiger charge is -2.15. The van der Waals surface area contributed by atoms with Gasteiger partial charge in [0, 0.05) is 30.9 Å². The fraction of sp³-hybridized carbons (Fsp3) is 0.240. The second-order valence-electron chi connectivity index (χ2n) is 8.81. The van der Waals surface area contributed by atoms with Gasteiger partial charge in [0.2, 0.25) is 5.91 Å². The van der Waals surface area contributed by atoms with Gasteiger partial charge in [0.25, 0.3) is 0 Å². The van der Waals surface area contributed by atoms with Crippen LogP contribution in [0.4, 0.5) is 0 Å². The molecule has 0 bridgehead atoms. The van der Waals surface area contributed by atoms with Crippen LogP contribution in [0.5, 0.6) is 11.5 Å². The molecule has 11 heteroatoms. The highest BCUT2D eigenvalue weighted by molar-refractivity contribution is 6.36. The average molecular weight is 504 g/mol. The molecule has 1 amide bonds. The molecule has 36 heavy (non-hydrogen) atoms. The number of carbonyl (C=O) groups is 1. The number of aromatic amines is 1. The number of halogens is 1. The average Bonchev–Trinajstić information content (AvgIpc) is 3.60. The predicted molar refractivity (Wildman–Crippen MR) is 134 cm³/mol. The van der Waals surface area contributed by atoms with E-state index in [4.69, 9.17) is 21.3 Å². The number of aliphatic hydroxyl groups is 1. The van der Waals surface area contributed by atoms with Gasteiger partial charge in [-0.3, -0.25) is 14.5 Å². The zero-order valence-corrected chi connectivity index (χ0v) is 20.1. The largest absolute Gasteiger partial charge is 0.456 e. The Bertz CT molecular complexity index is 1610. The van der Waals surface area contributed by atoms with E-state index in [2.05, 4.69) is 20.1 Å². The summed E-state index contributed by atoms with van der Waals surface area (Å²) in [6.07, 6.45) is 5.18. The van der Waals surface area contributed by atoms with E-state index in [0.29, 0.717) is 58.3 Å². The number of benzene rings is 2. The number of aliphatic hydroxyl groups excluding tert-OH is 1. The molecule has 1 saturated heterocycles. The Labute approximate surface area is 210 Å². The quantitative estimate of drug-likeness (QED) is 0.375. The molecule has 0 spiro atoms. The van der Waals surface area contributed by atoms with Crippen LogP contribution in [0.15, 0.2) is 48.9 Å². The van der Waals surface area contributed by atoms with Gasteiger partial charge < -0.3 is 19.7 Å². The number of likely N-dealkylation sites (tertiary alicyclic amines) is 1. The number of nitrogens with zero attached hydrogens (tertiary/aromatic N) is 6. The van der Waals surface area contributed by atoms with Gasteiger partial charge in [-0.05, 0) is 37.6 Å². The van der Waals surface area contributed by atoms with Crippen molar-refractivity contribution in [2.75, 3.05) is 13.1 Å². The van der Waals surface area contributed by atoms with Crippen molar-refractivity contribution >= 4 is 39.6 Å². The number of rotatable bonds is 5. The molecular weight excluding hydrogens is 482 g/mol. The van der Waals surface area contributed by atoms with E-state index in [9.17, 15) is 9.90 Å². The first-order chi connectivity index (χ1) is 17.4. The highest BCUT2D eigenvalue weighted by Crippen LogP contribution is 2.35. The van der Waals surface area contributed by atoms with E-state index >= 15 is 0 Å². The minimum absolute atomic E-state index is 0.0842. The van der Waals surface area contributed by atoms with Crippen molar-refractivity contribution in [1.82, 2.24) is 34.6 Å². The van der Waals surface area contributed by atoms with Crippen LogP contribution >= 0.6 is 11.6 Å². The number of hydrogen-bond donors (Lipinski definition) is 2. The maximum atomic E-state index is 12.5. The van der Waals surface area contributed by atoms with Gasteiger partial charge in [-0.15, -0.1) is 0 Å². The van der Waals surface area contributed by atoms with Crippen LogP contribution < -0.4 is 4.74 Å². The lowest BCUT2D eigenvalue weighted by molar-refractivity contribution is -0.131. The van der Waals surface area contributed by atoms with Gasteiger partial charge in [-0.2, -0.15) is 5.10 Å². The fourth-order valence-corrected chi connectivity index (χ4v) is 4.58. The number of hydrogen-bond acceptors (Lipinski definition) is 7. The molecule has 6 rings (SSSR count). The lowest BCUT2D eigenvalue weighted by Crippen LogP contribution is -2.32. The monoisotopic (exact) mass is 503 g/mol. The molecule has 0 radical (unpaired) electrons. The lowest BCUT2D eigenvalue weighted by atomic mass is 10.2. The number of carbonyl (C=O) groups excluding carboxylic acids is 1. The molecule has 1 aliphatic heterocycles. The second kappa shape index (κ2) is 8.89. The number of nitrogens with one attached hydrogen (secondary N) is 1. The van der Waals surface area contributed by atoms with Crippen molar-refractivity contribution < 1.29 is 14.6 Å². The Morgan fingerprint density at radius 2 is 2.08 bits per heavy atom. The standard InChI is InChI=1S/C25H22ClN7O3/c1-14-29-18-3-2-17(8-20(18)30-14)36-22-5-4-19-25(24(22)26)31-21(10-27-19)15-9-28-33(11-15)13-23(35)32-7-6-16(34)12-32/h2-5,8-11,16,34H,6-7,12-13H2,1H3,(H,29,30). The number of fused-ring (bicyclic) bond motifs is 2. The fourth-order valence-electron chi connectivity index (χ4n) is 4.34. The van der Waals surface area contributed by atoms with Gasteiger partial charge in [-0.1, -0.05) is 11.6 Å². The second-order valence-corrected chi connectivity index (χ2v) is 9.19. The summed E-state index contributed by atoms with van der Waals surface area (Å²) < 4.78 is 7.62. The van der Waals surface area contributed by atoms with Crippen LogP contribution in [-0.4, -0.2) is 64.8 Å². The summed E-state index contributed by atoms with van der Waals surface area (Å²) in [4.78, 5) is 30.9. The first-order valence-corrected chi connectivity index (χ1v) is 11.9. The van der Waals surface area contributed by atoms with Crippen molar-refractivity contribution in [3.8, 4) is 22.8 Å². The van der Waals surface area contributed by atoms with Gasteiger partial charge in [0.05, 0.1) is 40.7 Å². The summed E-state index contributed by atoms with van der Waals surface area (Å²) in [6, 6.07) is 9.16. The number of amides is 1. The third kappa shape index (κ3) is 4.25. The van der Waals surface area contributed by atoms with Crippen LogP contribution in [0.2, 0.25) is 5.02 Å². The summed E-state index contributed by atoms with van der Waals surface area (Å²) >= 11 is 6.69. The number of aryl methyl sites for hydroxylation is 1. The Hall–Kier alpha value is -4.02. The Morgan fingerprint density at radius 3 is 2.92 bits per heavy atom. The normalized spacial score (nSPS) is 15.8. The minimum Gasteiger partial charge on any atom is -0.456 e. The smallest absolute Gasteiger partial charge is 0.244 e. The summed E-state index contributed by atoms with van der Waals surface area (Å²) in [6.45, 7) is 2.91. The first-order valence-electron chi connectivity index (χ1n) is 11.5. The molecule has 182 valence electrons. The molecule has 0 saturated carbocycles. The van der Waals surface area contributed by atoms with Crippen LogP contribution in [0.1, 0.15) is 12.2 Å². The molecule has 3 aromatic heterocycles. The number of H-pyrrole nitrogens is 1. The van der Waals surface area contributed by atoms with Gasteiger partial charge in [0.15, 0.2) is 0 Å². The Kier molecular flexibility index (Phi) is 5.54. The van der Waals surface area contributed by atoms with Crippen LogP contribution in [-0.2, 0) is 11.3 Å². The van der Waals surface area contributed by atoms with E-state index in [1.807, 2.05) is 25.1 Å². The molecule has 5 aromatic rings. The maximum Gasteiger partial charge on any atom is 0.244 e. The third-order valence-electron chi connectivity index (χ3n) is 6.16. The van der Waals surface area contributed by atoms with Crippen LogP contribution in [0, 0.1) is 6.92 Å². The summed E-state index contributed by atoms with van der Waals surface area (Å²) in [5.41, 5.74) is 4.15. The van der Waals surface area contributed by atoms with Gasteiger partial charge >= 0.3 is 0 Å². The van der Waals surface area contributed by atoms with Crippen molar-refractivity contribution in [2.24, 2.45) is 0 Å². The van der Waals surface area contributed by atoms with Crippen LogP contribution in [0.3, 0.4) is 0 Å². The molecule has 2 N–H and O–H groups in total. The highest BCUT2D eigenvalue weighted by Gasteiger charge is 2.24. The molecule has 1 aliphatic rings. The predicted octanol–water partition coefficient (Wildman–Crippen LogP) is 3.72. The van der Waals surface area contributed by atoms with E-state index in [0.717, 1.165) is 16.9 Å². The molecule has 2 aromatic carbocycles. The zero-order chi connectivity index (χ0) is 24.8. The number of ether oxygens (including phenoxy) is 1. The highest BCUT2D eigenvalue weighted by atomic mass is 35.5. The third-order valence-corrected chi connectivity index (χ3v) is 6.52. The molecule has 10 nitrogen and oxygen atoms in total. The van der Waals surface area contributed by atoms with Gasteiger partial charge in [0.1, 0.15) is 34.4 Å². The molecular formula is C25H22ClN7O3. The summed E-state index contributed by atoms with van der Waals surface area (Å²) in [5, 5.41) is 14.3. The SMILES string of the molecule is Cc1nc2ccc(Oc3ccc4ncc(-c5cnn(CC(=O)N6CCC(O)C6)c5)nc4c3Cl)cc2[nH]1. The maximum absolute atomic E-state index is 12.5. The number of imidazole rings is 1. The number of β-amino-alcohol motifs (C(OH)–C–C–N with tert-alkyl or cyclic N) is 1. The van der Waals surface area contributed by atoms with Crippen molar-refractivity contribution in [3.63, 3.8) is 0 Å². The molecule has 0 aliphatic carbocycles. The minimum atomic E-state index is -0.453. The zero-order valence-electron chi connectivity index (χ0n) is 19.3. The summed E-state index contributed by atoms with van der Waals surface area (Å²) in [7, 11) is 0. The molecule has 1 fully saturated rings. The summed E-state index contributed by atoms with van der Waals surface area (Å²) in [5.74, 6) is 1.82. The van der Waals surface area contributed by atoms with Gasteiger partial charge in [-0.25, -0.2) is 9.97 Å². The molecule has 1 unspecified atom stereocenters. The number of aromatic nitrogens is 6. The van der Waals surface area contributed by atoms with Crippen LogP contribution in [0.25, 0.3) is 33.3 Å². The van der Waals surface area contributed by atoms with Crippen molar-refractivity contribution in [3.05, 3.63) is 59.8 Å². The topological polar surface area (TPSA) is 122 Å².